The molecule has 0 atom stereocenters. The molecule has 1 saturated heterocycles. The highest BCUT2D eigenvalue weighted by Crippen LogP contribution is 2.24. The van der Waals surface area contributed by atoms with Crippen LogP contribution in [0.1, 0.15) is 18.4 Å². The molecule has 1 aromatic carbocycles. The van der Waals surface area contributed by atoms with Gasteiger partial charge in [0.1, 0.15) is 17.4 Å². The van der Waals surface area contributed by atoms with Crippen LogP contribution in [0, 0.1) is 18.3 Å². The standard InChI is InChI=1S/C18H24N4O2/c1-13-4-5-17(23)16(10-13)20-12-14(11-19)18(24)22(3)15-6-8-21(2)9-7-15/h4-5,10,12,15,20,23H,6-9H2,1-3H3/b14-12-. The summed E-state index contributed by atoms with van der Waals surface area (Å²) >= 11 is 0. The first-order valence-electron chi connectivity index (χ1n) is 8.04. The van der Waals surface area contributed by atoms with Gasteiger partial charge in [0.25, 0.3) is 5.91 Å². The van der Waals surface area contributed by atoms with Gasteiger partial charge in [0.15, 0.2) is 0 Å². The number of likely N-dealkylation sites (N-methyl/N-ethyl adjacent to an activating group) is 1. The van der Waals surface area contributed by atoms with Crippen molar-refractivity contribution in [2.45, 2.75) is 25.8 Å². The Morgan fingerprint density at radius 3 is 2.75 bits per heavy atom. The molecule has 1 amide bonds. The number of aromatic hydroxyl groups is 1. The number of aryl methyl sites for hydroxylation is 1. The molecule has 0 saturated carbocycles. The Balaban J connectivity index is 2.08. The molecule has 0 aliphatic carbocycles. The van der Waals surface area contributed by atoms with Gasteiger partial charge in [0.05, 0.1) is 5.69 Å². The monoisotopic (exact) mass is 328 g/mol. The van der Waals surface area contributed by atoms with Crippen LogP contribution in [0.3, 0.4) is 0 Å². The number of carbonyl (C=O) groups is 1. The molecule has 0 bridgehead atoms. The van der Waals surface area contributed by atoms with E-state index in [9.17, 15) is 15.2 Å². The number of piperidine rings is 1. The minimum absolute atomic E-state index is 0.0253. The lowest BCUT2D eigenvalue weighted by Gasteiger charge is -2.35. The summed E-state index contributed by atoms with van der Waals surface area (Å²) in [7, 11) is 3.81. The van der Waals surface area contributed by atoms with E-state index in [0.29, 0.717) is 5.69 Å². The van der Waals surface area contributed by atoms with Crippen molar-refractivity contribution in [3.05, 3.63) is 35.5 Å². The summed E-state index contributed by atoms with van der Waals surface area (Å²) in [5.41, 5.74) is 1.46. The highest BCUT2D eigenvalue weighted by atomic mass is 16.3. The lowest BCUT2D eigenvalue weighted by atomic mass is 10.0. The molecule has 128 valence electrons. The molecule has 0 spiro atoms. The van der Waals surface area contributed by atoms with Gasteiger partial charge in [-0.25, -0.2) is 0 Å². The van der Waals surface area contributed by atoms with E-state index in [1.165, 1.54) is 6.20 Å². The number of nitrogens with one attached hydrogen (secondary N) is 1. The molecule has 1 heterocycles. The normalized spacial score (nSPS) is 16.5. The number of nitrogens with zero attached hydrogens (tertiary/aromatic N) is 3. The van der Waals surface area contributed by atoms with E-state index in [4.69, 9.17) is 0 Å². The van der Waals surface area contributed by atoms with Crippen molar-refractivity contribution >= 4 is 11.6 Å². The zero-order valence-corrected chi connectivity index (χ0v) is 14.4. The topological polar surface area (TPSA) is 79.6 Å². The minimum atomic E-state index is -0.299. The lowest BCUT2D eigenvalue weighted by Crippen LogP contribution is -2.44. The number of benzene rings is 1. The molecule has 1 fully saturated rings. The number of phenols is 1. The van der Waals surface area contributed by atoms with Gasteiger partial charge >= 0.3 is 0 Å². The van der Waals surface area contributed by atoms with E-state index in [-0.39, 0.29) is 23.3 Å². The zero-order valence-electron chi connectivity index (χ0n) is 14.4. The molecule has 6 heteroatoms. The predicted molar refractivity (Wildman–Crippen MR) is 93.5 cm³/mol. The number of nitriles is 1. The molecule has 1 aromatic rings. The Morgan fingerprint density at radius 2 is 2.12 bits per heavy atom. The van der Waals surface area contributed by atoms with Gasteiger partial charge in [-0.3, -0.25) is 4.79 Å². The van der Waals surface area contributed by atoms with Crippen LogP contribution in [0.5, 0.6) is 5.75 Å². The molecular formula is C18H24N4O2. The van der Waals surface area contributed by atoms with E-state index in [0.717, 1.165) is 31.5 Å². The maximum absolute atomic E-state index is 12.5. The second-order valence-corrected chi connectivity index (χ2v) is 6.29. The first-order chi connectivity index (χ1) is 11.4. The average molecular weight is 328 g/mol. The Bertz CT molecular complexity index is 670. The Hall–Kier alpha value is -2.52. The number of anilines is 1. The summed E-state index contributed by atoms with van der Waals surface area (Å²) in [5.74, 6) is -0.225. The number of phenolic OH excluding ortho intramolecular Hbond substituents is 1. The quantitative estimate of drug-likeness (QED) is 0.502. The van der Waals surface area contributed by atoms with Crippen molar-refractivity contribution in [2.24, 2.45) is 0 Å². The van der Waals surface area contributed by atoms with Gasteiger partial charge < -0.3 is 20.2 Å². The van der Waals surface area contributed by atoms with Gasteiger partial charge in [-0.05, 0) is 57.6 Å². The third kappa shape index (κ3) is 4.27. The smallest absolute Gasteiger partial charge is 0.266 e. The van der Waals surface area contributed by atoms with E-state index in [1.54, 1.807) is 30.1 Å². The molecule has 6 nitrogen and oxygen atoms in total. The molecule has 0 unspecified atom stereocenters. The fourth-order valence-electron chi connectivity index (χ4n) is 2.80. The molecule has 1 aliphatic rings. The first kappa shape index (κ1) is 17.8. The SMILES string of the molecule is Cc1ccc(O)c(N/C=C(/C#N)C(=O)N(C)C2CCN(C)CC2)c1. The second-order valence-electron chi connectivity index (χ2n) is 6.29. The van der Waals surface area contributed by atoms with Crippen LogP contribution in [0.25, 0.3) is 0 Å². The largest absolute Gasteiger partial charge is 0.506 e. The number of hydrogen-bond donors (Lipinski definition) is 2. The average Bonchev–Trinajstić information content (AvgIpc) is 2.58. The van der Waals surface area contributed by atoms with Crippen molar-refractivity contribution in [2.75, 3.05) is 32.5 Å². The summed E-state index contributed by atoms with van der Waals surface area (Å²) in [6.07, 6.45) is 3.18. The van der Waals surface area contributed by atoms with Gasteiger partial charge in [-0.1, -0.05) is 6.07 Å². The van der Waals surface area contributed by atoms with Crippen molar-refractivity contribution in [1.29, 1.82) is 5.26 Å². The van der Waals surface area contributed by atoms with E-state index >= 15 is 0 Å². The highest BCUT2D eigenvalue weighted by Gasteiger charge is 2.25. The van der Waals surface area contributed by atoms with Crippen LogP contribution in [0.2, 0.25) is 0 Å². The van der Waals surface area contributed by atoms with E-state index < -0.39 is 0 Å². The van der Waals surface area contributed by atoms with E-state index in [2.05, 4.69) is 17.3 Å². The summed E-state index contributed by atoms with van der Waals surface area (Å²) in [6, 6.07) is 7.22. The van der Waals surface area contributed by atoms with Gasteiger partial charge in [-0.2, -0.15) is 5.26 Å². The maximum atomic E-state index is 12.5. The first-order valence-corrected chi connectivity index (χ1v) is 8.04. The summed E-state index contributed by atoms with van der Waals surface area (Å²) in [6.45, 7) is 3.80. The van der Waals surface area contributed by atoms with Gasteiger partial charge in [0, 0.05) is 19.3 Å². The highest BCUT2D eigenvalue weighted by molar-refractivity contribution is 5.97. The minimum Gasteiger partial charge on any atom is -0.506 e. The Morgan fingerprint density at radius 1 is 1.46 bits per heavy atom. The molecule has 0 aromatic heterocycles. The number of amides is 1. The van der Waals surface area contributed by atoms with Crippen molar-refractivity contribution in [3.63, 3.8) is 0 Å². The molecule has 2 N–H and O–H groups in total. The van der Waals surface area contributed by atoms with Crippen LogP contribution >= 0.6 is 0 Å². The van der Waals surface area contributed by atoms with Crippen LogP contribution in [0.4, 0.5) is 5.69 Å². The third-order valence-corrected chi connectivity index (χ3v) is 4.43. The summed E-state index contributed by atoms with van der Waals surface area (Å²) < 4.78 is 0. The van der Waals surface area contributed by atoms with Crippen molar-refractivity contribution in [3.8, 4) is 11.8 Å². The van der Waals surface area contributed by atoms with Gasteiger partial charge in [0.2, 0.25) is 0 Å². The zero-order chi connectivity index (χ0) is 17.7. The molecule has 1 aliphatic heterocycles. The summed E-state index contributed by atoms with van der Waals surface area (Å²) in [5, 5.41) is 22.0. The van der Waals surface area contributed by atoms with Crippen LogP contribution in [-0.4, -0.2) is 54.0 Å². The van der Waals surface area contributed by atoms with Crippen molar-refractivity contribution < 1.29 is 9.90 Å². The predicted octanol–water partition coefficient (Wildman–Crippen LogP) is 2.07. The molecule has 24 heavy (non-hydrogen) atoms. The van der Waals surface area contributed by atoms with Gasteiger partial charge in [-0.15, -0.1) is 0 Å². The Kier molecular flexibility index (Phi) is 5.83. The maximum Gasteiger partial charge on any atom is 0.266 e. The fourth-order valence-corrected chi connectivity index (χ4v) is 2.80. The molecular weight excluding hydrogens is 304 g/mol. The Labute approximate surface area is 143 Å². The number of rotatable bonds is 4. The van der Waals surface area contributed by atoms with Crippen molar-refractivity contribution in [1.82, 2.24) is 9.80 Å². The van der Waals surface area contributed by atoms with Crippen LogP contribution in [0.15, 0.2) is 30.0 Å². The summed E-state index contributed by atoms with van der Waals surface area (Å²) in [4.78, 5) is 16.4. The third-order valence-electron chi connectivity index (χ3n) is 4.43. The number of carbonyl (C=O) groups excluding carboxylic acids is 1. The lowest BCUT2D eigenvalue weighted by molar-refractivity contribution is -0.128. The van der Waals surface area contributed by atoms with Crippen LogP contribution in [-0.2, 0) is 4.79 Å². The fraction of sp³-hybridized carbons (Fsp3) is 0.444. The number of likely N-dealkylation sites (tertiary alicyclic amines) is 1. The molecule has 0 radical (unpaired) electrons. The second kappa shape index (κ2) is 7.84. The molecule has 2 rings (SSSR count). The number of hydrogen-bond acceptors (Lipinski definition) is 5. The van der Waals surface area contributed by atoms with Crippen LogP contribution < -0.4 is 5.32 Å². The van der Waals surface area contributed by atoms with E-state index in [1.807, 2.05) is 13.0 Å².